The van der Waals surface area contributed by atoms with Crippen molar-refractivity contribution in [3.05, 3.63) is 45.1 Å². The molecule has 9 heteroatoms. The molecular formula is C19H20N4O3S2. The lowest BCUT2D eigenvalue weighted by Crippen LogP contribution is -2.41. The van der Waals surface area contributed by atoms with Crippen LogP contribution in [0.2, 0.25) is 0 Å². The molecular weight excluding hydrogens is 396 g/mol. The maximum absolute atomic E-state index is 13.0. The Morgan fingerprint density at radius 2 is 1.96 bits per heavy atom. The molecule has 0 aliphatic heterocycles. The third-order valence-corrected chi connectivity index (χ3v) is 6.20. The molecule has 2 aromatic heterocycles. The second-order valence-corrected chi connectivity index (χ2v) is 8.21. The van der Waals surface area contributed by atoms with Crippen molar-refractivity contribution in [3.63, 3.8) is 0 Å². The molecule has 3 rings (SSSR count). The van der Waals surface area contributed by atoms with Crippen molar-refractivity contribution in [1.82, 2.24) is 20.4 Å². The number of hydrogen-bond donors (Lipinski definition) is 2. The van der Waals surface area contributed by atoms with Gasteiger partial charge in [-0.3, -0.25) is 29.8 Å². The molecule has 1 aromatic carbocycles. The zero-order valence-corrected chi connectivity index (χ0v) is 17.6. The first-order chi connectivity index (χ1) is 13.3. The van der Waals surface area contributed by atoms with Gasteiger partial charge < -0.3 is 0 Å². The standard InChI is InChI=1S/C19H20N4O3S2/c1-10-5-6-13(7-11(10)2)14-8-27-17-16(14)18(26)23(4)19(20-17)28-9-15(25)22-21-12(3)24/h5-8H,9H2,1-4H3,(H,21,24)(H,22,25). The summed E-state index contributed by atoms with van der Waals surface area (Å²) in [6.45, 7) is 5.40. The Balaban J connectivity index is 1.92. The van der Waals surface area contributed by atoms with Crippen molar-refractivity contribution in [2.75, 3.05) is 5.75 Å². The Hall–Kier alpha value is -2.65. The molecule has 3 aromatic rings. The number of nitrogens with zero attached hydrogens (tertiary/aromatic N) is 2. The fourth-order valence-corrected chi connectivity index (χ4v) is 4.39. The summed E-state index contributed by atoms with van der Waals surface area (Å²) in [4.78, 5) is 40.8. The number of benzene rings is 1. The maximum Gasteiger partial charge on any atom is 0.263 e. The lowest BCUT2D eigenvalue weighted by molar-refractivity contribution is -0.126. The van der Waals surface area contributed by atoms with E-state index in [-0.39, 0.29) is 23.1 Å². The van der Waals surface area contributed by atoms with Crippen molar-refractivity contribution < 1.29 is 9.59 Å². The Labute approximate surface area is 170 Å². The summed E-state index contributed by atoms with van der Waals surface area (Å²) in [5.74, 6) is -0.708. The molecule has 0 saturated heterocycles. The molecule has 28 heavy (non-hydrogen) atoms. The van der Waals surface area contributed by atoms with Crippen molar-refractivity contribution >= 4 is 45.1 Å². The largest absolute Gasteiger partial charge is 0.290 e. The van der Waals surface area contributed by atoms with Crippen LogP contribution < -0.4 is 16.4 Å². The van der Waals surface area contributed by atoms with Gasteiger partial charge in [0, 0.05) is 24.9 Å². The topological polar surface area (TPSA) is 93.1 Å². The van der Waals surface area contributed by atoms with Gasteiger partial charge in [0.25, 0.3) is 5.56 Å². The van der Waals surface area contributed by atoms with Gasteiger partial charge in [0.05, 0.1) is 11.1 Å². The molecule has 0 fully saturated rings. The summed E-state index contributed by atoms with van der Waals surface area (Å²) >= 11 is 2.55. The minimum atomic E-state index is -0.378. The smallest absolute Gasteiger partial charge is 0.263 e. The SMILES string of the molecule is CC(=O)NNC(=O)CSc1nc2scc(-c3ccc(C)c(C)c3)c2c(=O)n1C. The van der Waals surface area contributed by atoms with Crippen molar-refractivity contribution in [2.24, 2.45) is 7.05 Å². The van der Waals surface area contributed by atoms with Gasteiger partial charge in [0.1, 0.15) is 4.83 Å². The Kier molecular flexibility index (Phi) is 5.85. The summed E-state index contributed by atoms with van der Waals surface area (Å²) in [6, 6.07) is 6.13. The van der Waals surface area contributed by atoms with Crippen LogP contribution in [0.5, 0.6) is 0 Å². The number of thioether (sulfide) groups is 1. The minimum Gasteiger partial charge on any atom is -0.290 e. The Bertz CT molecular complexity index is 1130. The number of nitrogens with one attached hydrogen (secondary N) is 2. The predicted molar refractivity (Wildman–Crippen MR) is 112 cm³/mol. The van der Waals surface area contributed by atoms with E-state index < -0.39 is 0 Å². The Morgan fingerprint density at radius 1 is 1.21 bits per heavy atom. The molecule has 0 unspecified atom stereocenters. The number of fused-ring (bicyclic) bond motifs is 1. The second kappa shape index (κ2) is 8.15. The normalized spacial score (nSPS) is 10.9. The molecule has 0 spiro atoms. The number of hydrogen-bond acceptors (Lipinski definition) is 6. The maximum atomic E-state index is 13.0. The fraction of sp³-hybridized carbons (Fsp3) is 0.263. The number of aryl methyl sites for hydroxylation is 2. The highest BCUT2D eigenvalue weighted by Crippen LogP contribution is 2.32. The molecule has 0 atom stereocenters. The summed E-state index contributed by atoms with van der Waals surface area (Å²) < 4.78 is 1.45. The third kappa shape index (κ3) is 4.10. The summed E-state index contributed by atoms with van der Waals surface area (Å²) in [7, 11) is 1.64. The number of carbonyl (C=O) groups excluding carboxylic acids is 2. The number of carbonyl (C=O) groups is 2. The van der Waals surface area contributed by atoms with Gasteiger partial charge in [-0.25, -0.2) is 4.98 Å². The van der Waals surface area contributed by atoms with Gasteiger partial charge >= 0.3 is 0 Å². The quantitative estimate of drug-likeness (QED) is 0.387. The zero-order chi connectivity index (χ0) is 20.4. The number of thiophene rings is 1. The van der Waals surface area contributed by atoms with Crippen LogP contribution in [0.1, 0.15) is 18.1 Å². The van der Waals surface area contributed by atoms with Crippen molar-refractivity contribution in [1.29, 1.82) is 0 Å². The molecule has 0 radical (unpaired) electrons. The van der Waals surface area contributed by atoms with E-state index in [0.717, 1.165) is 22.9 Å². The Morgan fingerprint density at radius 3 is 2.64 bits per heavy atom. The van der Waals surface area contributed by atoms with E-state index in [4.69, 9.17) is 0 Å². The average Bonchev–Trinajstić information content (AvgIpc) is 3.08. The summed E-state index contributed by atoms with van der Waals surface area (Å²) in [5, 5.41) is 2.98. The van der Waals surface area contributed by atoms with Gasteiger partial charge in [-0.15, -0.1) is 11.3 Å². The number of aromatic nitrogens is 2. The van der Waals surface area contributed by atoms with Gasteiger partial charge in [-0.1, -0.05) is 30.0 Å². The second-order valence-electron chi connectivity index (χ2n) is 6.41. The molecule has 2 N–H and O–H groups in total. The highest BCUT2D eigenvalue weighted by Gasteiger charge is 2.17. The van der Waals surface area contributed by atoms with Crippen LogP contribution in [0.4, 0.5) is 0 Å². The lowest BCUT2D eigenvalue weighted by Gasteiger charge is -2.09. The van der Waals surface area contributed by atoms with Crippen LogP contribution in [0.25, 0.3) is 21.3 Å². The first kappa shape index (κ1) is 20.1. The highest BCUT2D eigenvalue weighted by atomic mass is 32.2. The van der Waals surface area contributed by atoms with Gasteiger partial charge in [-0.05, 0) is 30.5 Å². The highest BCUT2D eigenvalue weighted by molar-refractivity contribution is 7.99. The van der Waals surface area contributed by atoms with Crippen molar-refractivity contribution in [2.45, 2.75) is 25.9 Å². The van der Waals surface area contributed by atoms with Crippen LogP contribution >= 0.6 is 23.1 Å². The van der Waals surface area contributed by atoms with Crippen LogP contribution in [0.15, 0.2) is 33.5 Å². The fourth-order valence-electron chi connectivity index (χ4n) is 2.63. The van der Waals surface area contributed by atoms with Crippen LogP contribution in [-0.4, -0.2) is 27.1 Å². The van der Waals surface area contributed by atoms with E-state index in [2.05, 4.69) is 28.8 Å². The molecule has 7 nitrogen and oxygen atoms in total. The number of rotatable bonds is 4. The monoisotopic (exact) mass is 416 g/mol. The van der Waals surface area contributed by atoms with Gasteiger partial charge in [-0.2, -0.15) is 0 Å². The van der Waals surface area contributed by atoms with Crippen LogP contribution in [-0.2, 0) is 16.6 Å². The van der Waals surface area contributed by atoms with E-state index in [1.54, 1.807) is 7.05 Å². The predicted octanol–water partition coefficient (Wildman–Crippen LogP) is 2.54. The molecule has 0 saturated carbocycles. The van der Waals surface area contributed by atoms with E-state index in [1.807, 2.05) is 24.4 Å². The first-order valence-electron chi connectivity index (χ1n) is 8.52. The van der Waals surface area contributed by atoms with E-state index in [1.165, 1.54) is 34.0 Å². The number of hydrazine groups is 1. The van der Waals surface area contributed by atoms with Gasteiger partial charge in [0.2, 0.25) is 11.8 Å². The molecule has 0 aliphatic carbocycles. The third-order valence-electron chi connectivity index (χ3n) is 4.30. The zero-order valence-electron chi connectivity index (χ0n) is 16.0. The molecule has 146 valence electrons. The first-order valence-corrected chi connectivity index (χ1v) is 10.4. The lowest BCUT2D eigenvalue weighted by atomic mass is 10.0. The van der Waals surface area contributed by atoms with E-state index in [0.29, 0.717) is 15.4 Å². The summed E-state index contributed by atoms with van der Waals surface area (Å²) in [6.07, 6.45) is 0. The molecule has 0 aliphatic rings. The van der Waals surface area contributed by atoms with Crippen LogP contribution in [0.3, 0.4) is 0 Å². The average molecular weight is 417 g/mol. The molecule has 2 heterocycles. The molecule has 2 amide bonds. The number of amides is 2. The minimum absolute atomic E-state index is 0.0292. The summed E-state index contributed by atoms with van der Waals surface area (Å²) in [5.41, 5.74) is 8.59. The van der Waals surface area contributed by atoms with E-state index in [9.17, 15) is 14.4 Å². The van der Waals surface area contributed by atoms with Gasteiger partial charge in [0.15, 0.2) is 5.16 Å². The van der Waals surface area contributed by atoms with E-state index >= 15 is 0 Å². The van der Waals surface area contributed by atoms with Crippen LogP contribution in [0, 0.1) is 13.8 Å². The van der Waals surface area contributed by atoms with Crippen molar-refractivity contribution in [3.8, 4) is 11.1 Å². The molecule has 0 bridgehead atoms.